The van der Waals surface area contributed by atoms with Crippen LogP contribution in [0.15, 0.2) is 24.8 Å². The van der Waals surface area contributed by atoms with Gasteiger partial charge >= 0.3 is 29.4 Å². The maximum absolute atomic E-state index is 12.7. The van der Waals surface area contributed by atoms with Crippen LogP contribution >= 0.6 is 35.2 Å². The molecule has 29 heteroatoms. The molecule has 0 saturated carbocycles. The summed E-state index contributed by atoms with van der Waals surface area (Å²) in [4.78, 5) is 86.0. The normalized spacial score (nSPS) is 21.8. The minimum atomic E-state index is -5.57. The van der Waals surface area contributed by atoms with Crippen LogP contribution in [0, 0.1) is 5.41 Å². The molecule has 1 aliphatic rings. The molecule has 3 heterocycles. The number of ether oxygens (including phenoxy) is 1. The standard InChI is InChI=1S/C27H44N7O18P3S/c1-27(2,22(39)25(40)30-8-7-17(35)29-9-11-56-10-5-3-4-6-18(36)37)13-49-55(46,47)52-54(44,45)48-12-16-21(51-53(41,42)43)20(38)26(50-16)34-15-33-19-23(28)31-14-32-24(19)34/h3,5,14-16,20-22,26,38-39H,4,6-13H2,1-2H3,(H,29,35)(H,30,40)(H,36,37)(H,44,45)(H,46,47)(H2,28,31,32)(H2,41,42,43)/t16-,20-,21-,22?,26-/m1/s1. The third kappa shape index (κ3) is 15.1. The fraction of sp³-hybridized carbons (Fsp3) is 0.630. The lowest BCUT2D eigenvalue weighted by Crippen LogP contribution is -2.46. The van der Waals surface area contributed by atoms with Crippen molar-refractivity contribution in [3.63, 3.8) is 0 Å². The minimum absolute atomic E-state index is 0.0290. The van der Waals surface area contributed by atoms with E-state index in [2.05, 4.69) is 34.4 Å². The van der Waals surface area contributed by atoms with E-state index in [4.69, 9.17) is 24.6 Å². The number of aliphatic hydroxyl groups excluding tert-OH is 2. The molecule has 2 amide bonds. The summed E-state index contributed by atoms with van der Waals surface area (Å²) in [6.07, 6.45) is -2.82. The number of amides is 2. The number of thioether (sulfide) groups is 1. The number of aliphatic carboxylic acids is 1. The Bertz CT molecular complexity index is 1850. The summed E-state index contributed by atoms with van der Waals surface area (Å²) in [5.41, 5.74) is 4.26. The van der Waals surface area contributed by atoms with E-state index >= 15 is 0 Å². The first-order valence-corrected chi connectivity index (χ1v) is 22.0. The van der Waals surface area contributed by atoms with Crippen molar-refractivity contribution in [3.8, 4) is 0 Å². The Balaban J connectivity index is 1.46. The Labute approximate surface area is 322 Å². The van der Waals surface area contributed by atoms with Crippen molar-refractivity contribution in [2.75, 3.05) is 43.5 Å². The van der Waals surface area contributed by atoms with E-state index in [-0.39, 0.29) is 42.3 Å². The van der Waals surface area contributed by atoms with Gasteiger partial charge in [0.1, 0.15) is 36.3 Å². The number of nitrogens with one attached hydrogen (secondary N) is 2. The molecular formula is C27H44N7O18P3S. The van der Waals surface area contributed by atoms with Crippen LogP contribution in [-0.4, -0.2) is 134 Å². The Hall–Kier alpha value is -2.90. The number of imidazole rings is 1. The lowest BCUT2D eigenvalue weighted by atomic mass is 9.87. The lowest BCUT2D eigenvalue weighted by molar-refractivity contribution is -0.137. The minimum Gasteiger partial charge on any atom is -0.481 e. The van der Waals surface area contributed by atoms with Gasteiger partial charge in [0.05, 0.1) is 19.5 Å². The molecule has 0 radical (unpaired) electrons. The smallest absolute Gasteiger partial charge is 0.481 e. The van der Waals surface area contributed by atoms with Crippen molar-refractivity contribution < 1.29 is 85.6 Å². The number of carboxylic acid groups (broad SMARTS) is 1. The van der Waals surface area contributed by atoms with Crippen LogP contribution < -0.4 is 16.4 Å². The van der Waals surface area contributed by atoms with E-state index in [1.807, 2.05) is 6.08 Å². The summed E-state index contributed by atoms with van der Waals surface area (Å²) in [5.74, 6) is -1.06. The van der Waals surface area contributed by atoms with E-state index < -0.39 is 84.6 Å². The number of fused-ring (bicyclic) bond motifs is 1. The second-order valence-corrected chi connectivity index (χ2v) is 17.9. The zero-order chi connectivity index (χ0) is 41.9. The van der Waals surface area contributed by atoms with E-state index in [1.165, 1.54) is 25.6 Å². The number of aliphatic hydroxyl groups is 2. The van der Waals surface area contributed by atoms with Gasteiger partial charge in [0.15, 0.2) is 17.7 Å². The van der Waals surface area contributed by atoms with Crippen molar-refractivity contribution in [2.24, 2.45) is 5.41 Å². The van der Waals surface area contributed by atoms with Gasteiger partial charge < -0.3 is 56.0 Å². The number of hydrogen-bond donors (Lipinski definition) is 10. The maximum Gasteiger partial charge on any atom is 0.481 e. The van der Waals surface area contributed by atoms with Crippen molar-refractivity contribution in [1.29, 1.82) is 0 Å². The Morgan fingerprint density at radius 1 is 1.05 bits per heavy atom. The van der Waals surface area contributed by atoms with Gasteiger partial charge in [-0.1, -0.05) is 26.0 Å². The van der Waals surface area contributed by atoms with Gasteiger partial charge in [0.25, 0.3) is 0 Å². The number of phosphoric acid groups is 3. The highest BCUT2D eigenvalue weighted by Crippen LogP contribution is 2.61. The average Bonchev–Trinajstić information content (AvgIpc) is 3.65. The topological polar surface area (TPSA) is 384 Å². The van der Waals surface area contributed by atoms with Crippen LogP contribution in [0.25, 0.3) is 11.2 Å². The summed E-state index contributed by atoms with van der Waals surface area (Å²) in [6, 6.07) is 0. The van der Waals surface area contributed by atoms with E-state index in [0.29, 0.717) is 24.5 Å². The zero-order valence-corrected chi connectivity index (χ0v) is 33.3. The number of carbonyl (C=O) groups excluding carboxylic acids is 2. The summed E-state index contributed by atoms with van der Waals surface area (Å²) in [6.45, 7) is 0.654. The fourth-order valence-electron chi connectivity index (χ4n) is 4.75. The summed E-state index contributed by atoms with van der Waals surface area (Å²) in [7, 11) is -16.4. The first-order chi connectivity index (χ1) is 26.0. The molecule has 2 aromatic rings. The number of hydrogen-bond acceptors (Lipinski definition) is 18. The molecule has 11 N–H and O–H groups in total. The van der Waals surface area contributed by atoms with Crippen LogP contribution in [-0.2, 0) is 50.7 Å². The molecular weight excluding hydrogens is 835 g/mol. The number of carboxylic acids is 1. The highest BCUT2D eigenvalue weighted by Gasteiger charge is 2.50. The number of allylic oxidation sites excluding steroid dienone is 1. The van der Waals surface area contributed by atoms with Crippen molar-refractivity contribution in [1.82, 2.24) is 30.2 Å². The largest absolute Gasteiger partial charge is 0.481 e. The van der Waals surface area contributed by atoms with Gasteiger partial charge in [-0.05, 0) is 6.42 Å². The second-order valence-electron chi connectivity index (χ2n) is 12.5. The quantitative estimate of drug-likeness (QED) is 0.0363. The number of anilines is 1. The van der Waals surface area contributed by atoms with Crippen LogP contribution in [0.2, 0.25) is 0 Å². The molecule has 1 aliphatic heterocycles. The predicted molar refractivity (Wildman–Crippen MR) is 193 cm³/mol. The monoisotopic (exact) mass is 879 g/mol. The lowest BCUT2D eigenvalue weighted by Gasteiger charge is -2.30. The molecule has 25 nitrogen and oxygen atoms in total. The highest BCUT2D eigenvalue weighted by atomic mass is 32.2. The molecule has 316 valence electrons. The van der Waals surface area contributed by atoms with E-state index in [1.54, 1.807) is 6.08 Å². The molecule has 3 unspecified atom stereocenters. The molecule has 0 aromatic carbocycles. The zero-order valence-electron chi connectivity index (χ0n) is 29.8. The number of aromatic nitrogens is 4. The van der Waals surface area contributed by atoms with Crippen molar-refractivity contribution >= 4 is 70.0 Å². The summed E-state index contributed by atoms with van der Waals surface area (Å²) >= 11 is 1.51. The molecule has 2 aromatic heterocycles. The van der Waals surface area contributed by atoms with Gasteiger partial charge in [-0.2, -0.15) is 16.1 Å². The number of nitrogen functional groups attached to an aromatic ring is 1. The van der Waals surface area contributed by atoms with Gasteiger partial charge in [0.2, 0.25) is 11.8 Å². The fourth-order valence-corrected chi connectivity index (χ4v) is 8.26. The molecule has 3 rings (SSSR count). The molecule has 0 bridgehead atoms. The van der Waals surface area contributed by atoms with Gasteiger partial charge in [-0.3, -0.25) is 32.5 Å². The van der Waals surface area contributed by atoms with Crippen LogP contribution in [0.1, 0.15) is 39.3 Å². The third-order valence-corrected chi connectivity index (χ3v) is 11.6. The van der Waals surface area contributed by atoms with E-state index in [9.17, 15) is 57.9 Å². The van der Waals surface area contributed by atoms with Crippen molar-refractivity contribution in [2.45, 2.75) is 63.8 Å². The summed E-state index contributed by atoms with van der Waals surface area (Å²) < 4.78 is 62.0. The molecule has 0 aliphatic carbocycles. The summed E-state index contributed by atoms with van der Waals surface area (Å²) in [5, 5.41) is 35.0. The Morgan fingerprint density at radius 2 is 1.75 bits per heavy atom. The van der Waals surface area contributed by atoms with Gasteiger partial charge in [0, 0.05) is 42.9 Å². The van der Waals surface area contributed by atoms with Gasteiger partial charge in [-0.15, -0.1) is 0 Å². The number of phosphoric ester groups is 3. The number of rotatable bonds is 24. The van der Waals surface area contributed by atoms with Crippen LogP contribution in [0.3, 0.4) is 0 Å². The first-order valence-electron chi connectivity index (χ1n) is 16.4. The second kappa shape index (κ2) is 20.7. The maximum atomic E-state index is 12.7. The molecule has 7 atom stereocenters. The SMILES string of the molecule is CC(C)(COP(=O)(O)OP(=O)(O)OC[C@H]1O[C@@H](n2cnc3c(N)ncnc32)[C@H](O)[C@@H]1OP(=O)(O)O)C(O)C(=O)NCCC(=O)NCCSCC=CCCC(=O)O. The van der Waals surface area contributed by atoms with E-state index in [0.717, 1.165) is 17.2 Å². The predicted octanol–water partition coefficient (Wildman–Crippen LogP) is -0.441. The van der Waals surface area contributed by atoms with Crippen LogP contribution in [0.4, 0.5) is 5.82 Å². The average molecular weight is 880 g/mol. The third-order valence-electron chi connectivity index (χ3n) is 7.55. The molecule has 1 saturated heterocycles. The number of carbonyl (C=O) groups is 3. The Kier molecular flexibility index (Phi) is 17.5. The number of nitrogens with zero attached hydrogens (tertiary/aromatic N) is 4. The van der Waals surface area contributed by atoms with Crippen LogP contribution in [0.5, 0.6) is 0 Å². The first kappa shape index (κ1) is 47.5. The number of nitrogens with two attached hydrogens (primary N) is 1. The molecule has 1 fully saturated rings. The highest BCUT2D eigenvalue weighted by molar-refractivity contribution is 7.99. The van der Waals surface area contributed by atoms with Crippen molar-refractivity contribution in [3.05, 3.63) is 24.8 Å². The Morgan fingerprint density at radius 3 is 2.43 bits per heavy atom. The molecule has 56 heavy (non-hydrogen) atoms. The van der Waals surface area contributed by atoms with Gasteiger partial charge in [-0.25, -0.2) is 28.6 Å². The molecule has 0 spiro atoms.